The minimum Gasteiger partial charge on any atom is -0.481 e. The van der Waals surface area contributed by atoms with E-state index in [9.17, 15) is 19.2 Å². The number of amides is 2. The van der Waals surface area contributed by atoms with Gasteiger partial charge in [-0.05, 0) is 33.6 Å². The predicted molar refractivity (Wildman–Crippen MR) is 108 cm³/mol. The molecule has 0 spiro atoms. The van der Waals surface area contributed by atoms with Gasteiger partial charge in [0.1, 0.15) is 17.7 Å². The van der Waals surface area contributed by atoms with Crippen LogP contribution in [0.2, 0.25) is 0 Å². The summed E-state index contributed by atoms with van der Waals surface area (Å²) < 4.78 is 5.41. The topological polar surface area (TPSA) is 122 Å². The van der Waals surface area contributed by atoms with Crippen LogP contribution in [0.3, 0.4) is 0 Å². The first-order valence-corrected chi connectivity index (χ1v) is 10.6. The van der Waals surface area contributed by atoms with E-state index in [-0.39, 0.29) is 12.3 Å². The largest absolute Gasteiger partial charge is 0.481 e. The Morgan fingerprint density at radius 2 is 1.52 bits per heavy atom. The van der Waals surface area contributed by atoms with E-state index >= 15 is 0 Å². The lowest BCUT2D eigenvalue weighted by atomic mass is 10.0. The van der Waals surface area contributed by atoms with Gasteiger partial charge in [-0.2, -0.15) is 0 Å². The second-order valence-corrected chi connectivity index (χ2v) is 8.68. The molecule has 0 bridgehead atoms. The van der Waals surface area contributed by atoms with Gasteiger partial charge >= 0.3 is 11.9 Å². The summed E-state index contributed by atoms with van der Waals surface area (Å²) >= 11 is 0. The zero-order chi connectivity index (χ0) is 21.9. The van der Waals surface area contributed by atoms with Crippen molar-refractivity contribution in [2.24, 2.45) is 0 Å². The fourth-order valence-electron chi connectivity index (χ4n) is 3.24. The molecule has 2 atom stereocenters. The van der Waals surface area contributed by atoms with Crippen molar-refractivity contribution in [3.63, 3.8) is 0 Å². The van der Waals surface area contributed by atoms with E-state index in [1.54, 1.807) is 20.8 Å². The molecule has 1 aliphatic heterocycles. The standard InChI is InChI=1S/C21H36N2O6/c1-21(2,3)29-20(28)15-12-10-8-6-4-5-7-9-11-13-17(24)22-16(14-18(25)26)19(27)23-15/h15-16H,4-14H2,1-3H3,(H,22,24)(H,23,27)(H,25,26)/t15-,16-/m0/s1. The number of rotatable bonds is 3. The lowest BCUT2D eigenvalue weighted by Crippen LogP contribution is -2.53. The van der Waals surface area contributed by atoms with Crippen molar-refractivity contribution >= 4 is 23.8 Å². The summed E-state index contributed by atoms with van der Waals surface area (Å²) in [7, 11) is 0. The van der Waals surface area contributed by atoms with Gasteiger partial charge in [0.2, 0.25) is 11.8 Å². The summed E-state index contributed by atoms with van der Waals surface area (Å²) in [6, 6.07) is -2.10. The Bertz CT molecular complexity index is 570. The van der Waals surface area contributed by atoms with Crippen LogP contribution >= 0.6 is 0 Å². The molecule has 3 N–H and O–H groups in total. The lowest BCUT2D eigenvalue weighted by Gasteiger charge is -2.26. The van der Waals surface area contributed by atoms with Crippen molar-refractivity contribution in [2.45, 2.75) is 109 Å². The van der Waals surface area contributed by atoms with Gasteiger partial charge in [-0.25, -0.2) is 4.79 Å². The van der Waals surface area contributed by atoms with Crippen molar-refractivity contribution in [3.05, 3.63) is 0 Å². The van der Waals surface area contributed by atoms with Crippen molar-refractivity contribution in [3.8, 4) is 0 Å². The van der Waals surface area contributed by atoms with Gasteiger partial charge in [-0.3, -0.25) is 14.4 Å². The van der Waals surface area contributed by atoms with Crippen molar-refractivity contribution in [1.29, 1.82) is 0 Å². The number of carbonyl (C=O) groups is 4. The van der Waals surface area contributed by atoms with Crippen molar-refractivity contribution < 1.29 is 29.0 Å². The minimum atomic E-state index is -1.22. The summed E-state index contributed by atoms with van der Waals surface area (Å²) in [5.41, 5.74) is -0.703. The first-order valence-electron chi connectivity index (χ1n) is 10.6. The molecule has 1 rings (SSSR count). The number of aliphatic carboxylic acids is 1. The van der Waals surface area contributed by atoms with Gasteiger partial charge in [0.15, 0.2) is 0 Å². The maximum Gasteiger partial charge on any atom is 0.329 e. The predicted octanol–water partition coefficient (Wildman–Crippen LogP) is 2.69. The highest BCUT2D eigenvalue weighted by molar-refractivity contribution is 5.93. The molecule has 0 aliphatic carbocycles. The second-order valence-electron chi connectivity index (χ2n) is 8.68. The average molecular weight is 413 g/mol. The Morgan fingerprint density at radius 1 is 0.966 bits per heavy atom. The molecule has 1 fully saturated rings. The summed E-state index contributed by atoms with van der Waals surface area (Å²) in [5, 5.41) is 14.2. The number of carboxylic acids is 1. The molecule has 1 saturated heterocycles. The SMILES string of the molecule is CC(C)(C)OC(=O)[C@@H]1CCCCCCCCCCC(=O)N[C@@H](CC(=O)O)C(=O)N1. The summed E-state index contributed by atoms with van der Waals surface area (Å²) in [5.74, 6) is -2.78. The highest BCUT2D eigenvalue weighted by Crippen LogP contribution is 2.15. The molecule has 166 valence electrons. The molecule has 0 aromatic heterocycles. The second kappa shape index (κ2) is 12.4. The van der Waals surface area contributed by atoms with Gasteiger partial charge in [0.05, 0.1) is 6.42 Å². The number of nitrogens with one attached hydrogen (secondary N) is 2. The third-order valence-electron chi connectivity index (χ3n) is 4.68. The van der Waals surface area contributed by atoms with Crippen molar-refractivity contribution in [1.82, 2.24) is 10.6 Å². The van der Waals surface area contributed by atoms with Crippen LogP contribution in [0, 0.1) is 0 Å². The van der Waals surface area contributed by atoms with E-state index in [0.29, 0.717) is 12.8 Å². The lowest BCUT2D eigenvalue weighted by molar-refractivity contribution is -0.159. The fraction of sp³-hybridized carbons (Fsp3) is 0.810. The molecule has 0 radical (unpaired) electrons. The van der Waals surface area contributed by atoms with Crippen LogP contribution in [-0.4, -0.2) is 46.5 Å². The number of hydrogen-bond donors (Lipinski definition) is 3. The highest BCUT2D eigenvalue weighted by atomic mass is 16.6. The Labute approximate surface area is 173 Å². The van der Waals surface area contributed by atoms with Gasteiger partial charge < -0.3 is 20.5 Å². The van der Waals surface area contributed by atoms with Crippen LogP contribution in [0.1, 0.15) is 91.4 Å². The maximum absolute atomic E-state index is 12.7. The molecule has 0 aromatic carbocycles. The fourth-order valence-corrected chi connectivity index (χ4v) is 3.24. The molecule has 2 amide bonds. The van der Waals surface area contributed by atoms with E-state index < -0.39 is 42.0 Å². The maximum atomic E-state index is 12.7. The zero-order valence-electron chi connectivity index (χ0n) is 17.9. The molecule has 8 nitrogen and oxygen atoms in total. The Kier molecular flexibility index (Phi) is 10.7. The first kappa shape index (κ1) is 24.9. The summed E-state index contributed by atoms with van der Waals surface area (Å²) in [6.45, 7) is 5.24. The number of carbonyl (C=O) groups excluding carboxylic acids is 3. The van der Waals surface area contributed by atoms with E-state index in [2.05, 4.69) is 10.6 Å². The van der Waals surface area contributed by atoms with Gasteiger partial charge in [0.25, 0.3) is 0 Å². The summed E-state index contributed by atoms with van der Waals surface area (Å²) in [6.07, 6.45) is 7.77. The number of hydrogen-bond acceptors (Lipinski definition) is 5. The van der Waals surface area contributed by atoms with E-state index in [4.69, 9.17) is 9.84 Å². The summed E-state index contributed by atoms with van der Waals surface area (Å²) in [4.78, 5) is 48.5. The number of esters is 1. The Hall–Kier alpha value is -2.12. The Morgan fingerprint density at radius 3 is 2.07 bits per heavy atom. The molecule has 0 aromatic rings. The molecule has 0 saturated carbocycles. The first-order chi connectivity index (χ1) is 13.6. The van der Waals surface area contributed by atoms with Crippen LogP contribution in [0.4, 0.5) is 0 Å². The molecular weight excluding hydrogens is 376 g/mol. The average Bonchev–Trinajstić information content (AvgIpc) is 2.58. The zero-order valence-corrected chi connectivity index (χ0v) is 17.9. The number of carboxylic acid groups (broad SMARTS) is 1. The van der Waals surface area contributed by atoms with E-state index in [1.807, 2.05) is 0 Å². The van der Waals surface area contributed by atoms with Crippen LogP contribution in [0.5, 0.6) is 0 Å². The third-order valence-corrected chi connectivity index (χ3v) is 4.68. The number of ether oxygens (including phenoxy) is 1. The monoisotopic (exact) mass is 412 g/mol. The van der Waals surface area contributed by atoms with Crippen LogP contribution in [0.15, 0.2) is 0 Å². The normalized spacial score (nSPS) is 23.6. The molecule has 0 unspecified atom stereocenters. The van der Waals surface area contributed by atoms with Gasteiger partial charge in [0, 0.05) is 6.42 Å². The van der Waals surface area contributed by atoms with Crippen LogP contribution in [-0.2, 0) is 23.9 Å². The molecular formula is C21H36N2O6. The van der Waals surface area contributed by atoms with E-state index in [1.165, 1.54) is 0 Å². The van der Waals surface area contributed by atoms with Crippen LogP contribution < -0.4 is 10.6 Å². The highest BCUT2D eigenvalue weighted by Gasteiger charge is 2.30. The Balaban J connectivity index is 2.92. The smallest absolute Gasteiger partial charge is 0.329 e. The molecule has 8 heteroatoms. The van der Waals surface area contributed by atoms with E-state index in [0.717, 1.165) is 44.9 Å². The van der Waals surface area contributed by atoms with Gasteiger partial charge in [-0.1, -0.05) is 44.9 Å². The third kappa shape index (κ3) is 11.5. The molecule has 1 heterocycles. The molecule has 29 heavy (non-hydrogen) atoms. The minimum absolute atomic E-state index is 0.249. The quantitative estimate of drug-likeness (QED) is 0.613. The van der Waals surface area contributed by atoms with Gasteiger partial charge in [-0.15, -0.1) is 0 Å². The molecule has 1 aliphatic rings. The van der Waals surface area contributed by atoms with Crippen LogP contribution in [0.25, 0.3) is 0 Å². The van der Waals surface area contributed by atoms with Crippen molar-refractivity contribution in [2.75, 3.05) is 0 Å².